The Morgan fingerprint density at radius 2 is 1.48 bits per heavy atom. The molecule has 1 heterocycles. The lowest BCUT2D eigenvalue weighted by molar-refractivity contribution is 0.0886. The van der Waals surface area contributed by atoms with Crippen molar-refractivity contribution in [2.45, 2.75) is 51.4 Å². The second-order valence-corrected chi connectivity index (χ2v) is 9.56. The van der Waals surface area contributed by atoms with Gasteiger partial charge in [0.05, 0.1) is 5.56 Å². The van der Waals surface area contributed by atoms with Crippen molar-refractivity contribution in [3.63, 3.8) is 0 Å². The largest absolute Gasteiger partial charge is 0.505 e. The van der Waals surface area contributed by atoms with Crippen LogP contribution in [0, 0.1) is 5.92 Å². The Hall–Kier alpha value is -3.47. The number of aromatic nitrogens is 3. The summed E-state index contributed by atoms with van der Waals surface area (Å²) in [4.78, 5) is 15.0. The minimum absolute atomic E-state index is 0.0240. The summed E-state index contributed by atoms with van der Waals surface area (Å²) in [6, 6.07) is 21.6. The van der Waals surface area contributed by atoms with Gasteiger partial charge < -0.3 is 5.11 Å². The fourth-order valence-corrected chi connectivity index (χ4v) is 4.89. The van der Waals surface area contributed by atoms with E-state index in [-0.39, 0.29) is 22.9 Å². The number of nitrogens with zero attached hydrogens (tertiary/aromatic N) is 3. The van der Waals surface area contributed by atoms with Crippen LogP contribution >= 0.6 is 0 Å². The Kier molecular flexibility index (Phi) is 5.49. The number of hydrogen-bond acceptors (Lipinski definition) is 4. The number of phenols is 1. The van der Waals surface area contributed by atoms with Gasteiger partial charge in [0.2, 0.25) is 0 Å². The first-order valence-electron chi connectivity index (χ1n) is 11.7. The van der Waals surface area contributed by atoms with Gasteiger partial charge in [0.25, 0.3) is 0 Å². The zero-order chi connectivity index (χ0) is 23.0. The van der Waals surface area contributed by atoms with Crippen LogP contribution in [0.1, 0.15) is 67.4 Å². The molecule has 0 spiro atoms. The highest BCUT2D eigenvalue weighted by Gasteiger charge is 2.31. The summed E-state index contributed by atoms with van der Waals surface area (Å²) in [6.45, 7) is 4.28. The molecule has 5 rings (SSSR count). The van der Waals surface area contributed by atoms with Gasteiger partial charge in [0.15, 0.2) is 11.5 Å². The van der Waals surface area contributed by atoms with Gasteiger partial charge in [0.1, 0.15) is 16.7 Å². The Balaban J connectivity index is 1.69. The third-order valence-electron chi connectivity index (χ3n) is 7.05. The van der Waals surface area contributed by atoms with Gasteiger partial charge >= 0.3 is 0 Å². The minimum Gasteiger partial charge on any atom is -0.505 e. The molecule has 1 saturated carbocycles. The van der Waals surface area contributed by atoms with Gasteiger partial charge in [-0.25, -0.2) is 0 Å². The molecular formula is C28H29N3O2. The summed E-state index contributed by atoms with van der Waals surface area (Å²) >= 11 is 0. The molecule has 0 amide bonds. The standard InChI is InChI=1S/C28H29N3O2/c1-28(2,20-13-7-4-8-14-20)21-17-22(26(32)19-11-5-3-6-12-19)27(33)25(18-21)31-29-23-15-9-10-16-24(23)30-31/h4,7-10,13-19,33H,3,5-6,11-12H2,1-2H3. The van der Waals surface area contributed by atoms with Crippen LogP contribution in [0.2, 0.25) is 0 Å². The van der Waals surface area contributed by atoms with Crippen molar-refractivity contribution in [1.82, 2.24) is 15.0 Å². The lowest BCUT2D eigenvalue weighted by atomic mass is 9.76. The van der Waals surface area contributed by atoms with Crippen molar-refractivity contribution in [3.05, 3.63) is 83.4 Å². The smallest absolute Gasteiger partial charge is 0.169 e. The zero-order valence-electron chi connectivity index (χ0n) is 19.2. The summed E-state index contributed by atoms with van der Waals surface area (Å²) in [5.74, 6) is -0.0633. The highest BCUT2D eigenvalue weighted by Crippen LogP contribution is 2.39. The second-order valence-electron chi connectivity index (χ2n) is 9.56. The molecule has 1 fully saturated rings. The molecule has 1 aliphatic carbocycles. The number of ketones is 1. The molecule has 0 saturated heterocycles. The van der Waals surface area contributed by atoms with Crippen molar-refractivity contribution in [1.29, 1.82) is 0 Å². The Bertz CT molecular complexity index is 1270. The van der Waals surface area contributed by atoms with E-state index in [0.717, 1.165) is 47.8 Å². The molecule has 1 N–H and O–H groups in total. The van der Waals surface area contributed by atoms with Crippen molar-refractivity contribution in [3.8, 4) is 11.4 Å². The molecule has 3 aromatic carbocycles. The summed E-state index contributed by atoms with van der Waals surface area (Å²) in [7, 11) is 0. The van der Waals surface area contributed by atoms with E-state index in [9.17, 15) is 9.90 Å². The van der Waals surface area contributed by atoms with Gasteiger partial charge in [-0.2, -0.15) is 0 Å². The molecule has 1 aliphatic rings. The molecule has 0 bridgehead atoms. The number of fused-ring (bicyclic) bond motifs is 1. The lowest BCUT2D eigenvalue weighted by Gasteiger charge is -2.28. The van der Waals surface area contributed by atoms with Crippen LogP contribution in [0.15, 0.2) is 66.7 Å². The number of phenolic OH excluding ortho intramolecular Hbond substituents is 1. The van der Waals surface area contributed by atoms with Crippen molar-refractivity contribution in [2.75, 3.05) is 0 Å². The third-order valence-corrected chi connectivity index (χ3v) is 7.05. The van der Waals surface area contributed by atoms with Crippen molar-refractivity contribution >= 4 is 16.8 Å². The van der Waals surface area contributed by atoms with E-state index in [1.807, 2.05) is 54.6 Å². The number of carbonyl (C=O) groups excluding carboxylic acids is 1. The maximum atomic E-state index is 13.6. The molecule has 0 atom stereocenters. The lowest BCUT2D eigenvalue weighted by Crippen LogP contribution is -2.23. The maximum Gasteiger partial charge on any atom is 0.169 e. The third kappa shape index (κ3) is 3.92. The van der Waals surface area contributed by atoms with Crippen LogP contribution in [0.4, 0.5) is 0 Å². The number of aromatic hydroxyl groups is 1. The summed E-state index contributed by atoms with van der Waals surface area (Å²) in [6.07, 6.45) is 5.05. The van der Waals surface area contributed by atoms with Crippen LogP contribution in [0.25, 0.3) is 16.7 Å². The summed E-state index contributed by atoms with van der Waals surface area (Å²) in [5, 5.41) is 20.5. The van der Waals surface area contributed by atoms with Gasteiger partial charge in [-0.15, -0.1) is 15.0 Å². The molecule has 0 radical (unpaired) electrons. The quantitative estimate of drug-likeness (QED) is 0.375. The fourth-order valence-electron chi connectivity index (χ4n) is 4.89. The van der Waals surface area contributed by atoms with E-state index < -0.39 is 0 Å². The van der Waals surface area contributed by atoms with Crippen LogP contribution in [0.3, 0.4) is 0 Å². The van der Waals surface area contributed by atoms with Gasteiger partial charge in [0, 0.05) is 11.3 Å². The van der Waals surface area contributed by atoms with E-state index >= 15 is 0 Å². The van der Waals surface area contributed by atoms with Crippen LogP contribution in [0.5, 0.6) is 5.75 Å². The van der Waals surface area contributed by atoms with Crippen molar-refractivity contribution < 1.29 is 9.90 Å². The molecule has 168 valence electrons. The van der Waals surface area contributed by atoms with E-state index in [4.69, 9.17) is 0 Å². The summed E-state index contributed by atoms with van der Waals surface area (Å²) in [5.41, 5.74) is 4.00. The highest BCUT2D eigenvalue weighted by molar-refractivity contribution is 6.01. The second kappa shape index (κ2) is 8.47. The molecule has 1 aromatic heterocycles. The minimum atomic E-state index is -0.377. The number of benzene rings is 3. The fraction of sp³-hybridized carbons (Fsp3) is 0.321. The molecule has 5 nitrogen and oxygen atoms in total. The van der Waals surface area contributed by atoms with Crippen LogP contribution in [-0.4, -0.2) is 25.9 Å². The van der Waals surface area contributed by atoms with Gasteiger partial charge in [-0.05, 0) is 48.2 Å². The predicted octanol–water partition coefficient (Wildman–Crippen LogP) is 6.22. The molecule has 5 heteroatoms. The number of rotatable bonds is 5. The normalized spacial score (nSPS) is 15.1. The topological polar surface area (TPSA) is 68.0 Å². The van der Waals surface area contributed by atoms with Crippen LogP contribution in [-0.2, 0) is 5.41 Å². The molecule has 0 unspecified atom stereocenters. The summed E-state index contributed by atoms with van der Waals surface area (Å²) < 4.78 is 0. The Morgan fingerprint density at radius 3 is 2.12 bits per heavy atom. The Labute approximate surface area is 194 Å². The average molecular weight is 440 g/mol. The van der Waals surface area contributed by atoms with Crippen LogP contribution < -0.4 is 0 Å². The van der Waals surface area contributed by atoms with Gasteiger partial charge in [-0.3, -0.25) is 4.79 Å². The number of hydrogen-bond donors (Lipinski definition) is 1. The molecule has 33 heavy (non-hydrogen) atoms. The monoisotopic (exact) mass is 439 g/mol. The first kappa shape index (κ1) is 21.4. The van der Waals surface area contributed by atoms with E-state index in [1.165, 1.54) is 11.2 Å². The van der Waals surface area contributed by atoms with E-state index in [2.05, 4.69) is 36.2 Å². The van der Waals surface area contributed by atoms with E-state index in [1.54, 1.807) is 0 Å². The predicted molar refractivity (Wildman–Crippen MR) is 130 cm³/mol. The SMILES string of the molecule is CC(C)(c1ccccc1)c1cc(C(=O)C2CCCCC2)c(O)c(-n2nc3ccccc3n2)c1. The zero-order valence-corrected chi connectivity index (χ0v) is 19.2. The maximum absolute atomic E-state index is 13.6. The van der Waals surface area contributed by atoms with Crippen molar-refractivity contribution in [2.24, 2.45) is 5.92 Å². The Morgan fingerprint density at radius 1 is 0.879 bits per heavy atom. The van der Waals surface area contributed by atoms with Gasteiger partial charge in [-0.1, -0.05) is 75.6 Å². The number of Topliss-reactive ketones (excluding diaryl/α,β-unsaturated/α-hetero) is 1. The average Bonchev–Trinajstić information content (AvgIpc) is 3.29. The molecular weight excluding hydrogens is 410 g/mol. The first-order chi connectivity index (χ1) is 15.9. The van der Waals surface area contributed by atoms with E-state index in [0.29, 0.717) is 11.3 Å². The molecule has 0 aliphatic heterocycles. The number of carbonyl (C=O) groups is 1. The molecule has 4 aromatic rings. The first-order valence-corrected chi connectivity index (χ1v) is 11.7. The highest BCUT2D eigenvalue weighted by atomic mass is 16.3.